The Balaban J connectivity index is 1.82. The monoisotopic (exact) mass is 271 g/mol. The van der Waals surface area contributed by atoms with Crippen molar-refractivity contribution in [3.8, 4) is 0 Å². The second kappa shape index (κ2) is 7.01. The second-order valence-corrected chi connectivity index (χ2v) is 5.36. The molecule has 4 heteroatoms. The highest BCUT2D eigenvalue weighted by molar-refractivity contribution is 5.82. The molecule has 0 radical (unpaired) electrons. The van der Waals surface area contributed by atoms with E-state index in [2.05, 4.69) is 47.7 Å². The lowest BCUT2D eigenvalue weighted by atomic mass is 10.1. The SMILES string of the molecule is CC(C)CNC(=O)CNCc1ccc2cnccc2c1. The summed E-state index contributed by atoms with van der Waals surface area (Å²) in [7, 11) is 0. The normalized spacial score (nSPS) is 10.9. The Hall–Kier alpha value is -1.94. The molecule has 0 unspecified atom stereocenters. The molecule has 2 N–H and O–H groups in total. The van der Waals surface area contributed by atoms with Gasteiger partial charge in [-0.05, 0) is 29.0 Å². The van der Waals surface area contributed by atoms with E-state index in [0.717, 1.165) is 11.9 Å². The van der Waals surface area contributed by atoms with Gasteiger partial charge in [0.2, 0.25) is 5.91 Å². The van der Waals surface area contributed by atoms with E-state index in [-0.39, 0.29) is 5.91 Å². The molecule has 0 bridgehead atoms. The van der Waals surface area contributed by atoms with Gasteiger partial charge in [0.15, 0.2) is 0 Å². The number of pyridine rings is 1. The molecule has 0 spiro atoms. The van der Waals surface area contributed by atoms with Crippen molar-refractivity contribution in [2.24, 2.45) is 5.92 Å². The van der Waals surface area contributed by atoms with Crippen LogP contribution < -0.4 is 10.6 Å². The summed E-state index contributed by atoms with van der Waals surface area (Å²) in [4.78, 5) is 15.7. The molecule has 0 aliphatic carbocycles. The van der Waals surface area contributed by atoms with Crippen LogP contribution in [0.15, 0.2) is 36.7 Å². The number of hydrogen-bond donors (Lipinski definition) is 2. The molecule has 0 aliphatic rings. The third-order valence-corrected chi connectivity index (χ3v) is 3.03. The maximum Gasteiger partial charge on any atom is 0.233 e. The Morgan fingerprint density at radius 2 is 2.10 bits per heavy atom. The number of carbonyl (C=O) groups excluding carboxylic acids is 1. The van der Waals surface area contributed by atoms with Gasteiger partial charge in [0, 0.05) is 30.9 Å². The van der Waals surface area contributed by atoms with E-state index in [1.165, 1.54) is 10.9 Å². The first kappa shape index (κ1) is 14.5. The summed E-state index contributed by atoms with van der Waals surface area (Å²) < 4.78 is 0. The van der Waals surface area contributed by atoms with Crippen molar-refractivity contribution in [2.75, 3.05) is 13.1 Å². The summed E-state index contributed by atoms with van der Waals surface area (Å²) in [6.07, 6.45) is 3.64. The number of amides is 1. The molecule has 0 fully saturated rings. The first-order valence-electron chi connectivity index (χ1n) is 6.95. The largest absolute Gasteiger partial charge is 0.355 e. The maximum atomic E-state index is 11.6. The third kappa shape index (κ3) is 4.31. The fourth-order valence-corrected chi connectivity index (χ4v) is 1.94. The van der Waals surface area contributed by atoms with E-state index >= 15 is 0 Å². The summed E-state index contributed by atoms with van der Waals surface area (Å²) >= 11 is 0. The molecular formula is C16H21N3O. The van der Waals surface area contributed by atoms with Crippen LogP contribution in [0.3, 0.4) is 0 Å². The highest BCUT2D eigenvalue weighted by atomic mass is 16.1. The highest BCUT2D eigenvalue weighted by Gasteiger charge is 2.02. The fourth-order valence-electron chi connectivity index (χ4n) is 1.94. The molecule has 2 aromatic rings. The van der Waals surface area contributed by atoms with E-state index in [1.807, 2.05) is 12.3 Å². The van der Waals surface area contributed by atoms with Crippen molar-refractivity contribution in [2.45, 2.75) is 20.4 Å². The van der Waals surface area contributed by atoms with Crippen LogP contribution in [-0.4, -0.2) is 24.0 Å². The smallest absolute Gasteiger partial charge is 0.233 e. The van der Waals surface area contributed by atoms with Gasteiger partial charge in [-0.1, -0.05) is 26.0 Å². The average Bonchev–Trinajstić information content (AvgIpc) is 2.45. The molecule has 1 amide bonds. The van der Waals surface area contributed by atoms with Gasteiger partial charge in [0.05, 0.1) is 6.54 Å². The van der Waals surface area contributed by atoms with Gasteiger partial charge >= 0.3 is 0 Å². The summed E-state index contributed by atoms with van der Waals surface area (Å²) in [5, 5.41) is 8.35. The molecule has 0 aliphatic heterocycles. The van der Waals surface area contributed by atoms with Gasteiger partial charge in [0.1, 0.15) is 0 Å². The quantitative estimate of drug-likeness (QED) is 0.846. The lowest BCUT2D eigenvalue weighted by Crippen LogP contribution is -2.35. The van der Waals surface area contributed by atoms with Crippen LogP contribution >= 0.6 is 0 Å². The average molecular weight is 271 g/mol. The van der Waals surface area contributed by atoms with Gasteiger partial charge in [-0.25, -0.2) is 0 Å². The minimum atomic E-state index is 0.0451. The van der Waals surface area contributed by atoms with Crippen LogP contribution in [0.1, 0.15) is 19.4 Å². The summed E-state index contributed by atoms with van der Waals surface area (Å²) in [5.41, 5.74) is 1.17. The van der Waals surface area contributed by atoms with Crippen LogP contribution in [0.5, 0.6) is 0 Å². The predicted octanol–water partition coefficient (Wildman–Crippen LogP) is 2.10. The van der Waals surface area contributed by atoms with Crippen molar-refractivity contribution in [3.63, 3.8) is 0 Å². The fraction of sp³-hybridized carbons (Fsp3) is 0.375. The molecule has 1 heterocycles. The standard InChI is InChI=1S/C16H21N3O/c1-12(2)8-19-16(20)11-18-9-13-3-4-15-10-17-6-5-14(15)7-13/h3-7,10,12,18H,8-9,11H2,1-2H3,(H,19,20). The number of rotatable bonds is 6. The molecule has 0 atom stereocenters. The van der Waals surface area contributed by atoms with Gasteiger partial charge < -0.3 is 10.6 Å². The molecule has 2 rings (SSSR count). The van der Waals surface area contributed by atoms with Crippen molar-refractivity contribution >= 4 is 16.7 Å². The summed E-state index contributed by atoms with van der Waals surface area (Å²) in [6, 6.07) is 8.23. The first-order valence-corrected chi connectivity index (χ1v) is 6.95. The number of fused-ring (bicyclic) bond motifs is 1. The van der Waals surface area contributed by atoms with Crippen LogP contribution in [-0.2, 0) is 11.3 Å². The Morgan fingerprint density at radius 3 is 2.90 bits per heavy atom. The number of nitrogens with one attached hydrogen (secondary N) is 2. The van der Waals surface area contributed by atoms with Crippen molar-refractivity contribution in [1.29, 1.82) is 0 Å². The number of aromatic nitrogens is 1. The maximum absolute atomic E-state index is 11.6. The number of nitrogens with zero attached hydrogens (tertiary/aromatic N) is 1. The Bertz CT molecular complexity index is 581. The highest BCUT2D eigenvalue weighted by Crippen LogP contribution is 2.14. The zero-order chi connectivity index (χ0) is 14.4. The molecule has 0 saturated heterocycles. The molecule has 1 aromatic heterocycles. The predicted molar refractivity (Wildman–Crippen MR) is 81.3 cm³/mol. The third-order valence-electron chi connectivity index (χ3n) is 3.03. The van der Waals surface area contributed by atoms with E-state index in [0.29, 0.717) is 19.0 Å². The summed E-state index contributed by atoms with van der Waals surface area (Å²) in [6.45, 7) is 5.92. The van der Waals surface area contributed by atoms with Crippen LogP contribution in [0, 0.1) is 5.92 Å². The van der Waals surface area contributed by atoms with Crippen molar-refractivity contribution in [3.05, 3.63) is 42.2 Å². The molecular weight excluding hydrogens is 250 g/mol. The van der Waals surface area contributed by atoms with E-state index in [1.54, 1.807) is 6.20 Å². The van der Waals surface area contributed by atoms with E-state index in [4.69, 9.17) is 0 Å². The second-order valence-electron chi connectivity index (χ2n) is 5.36. The van der Waals surface area contributed by atoms with Gasteiger partial charge in [-0.3, -0.25) is 9.78 Å². The Labute approximate surface area is 119 Å². The van der Waals surface area contributed by atoms with Gasteiger partial charge in [-0.15, -0.1) is 0 Å². The molecule has 1 aromatic carbocycles. The summed E-state index contributed by atoms with van der Waals surface area (Å²) in [5.74, 6) is 0.525. The topological polar surface area (TPSA) is 54.0 Å². The van der Waals surface area contributed by atoms with E-state index < -0.39 is 0 Å². The zero-order valence-corrected chi connectivity index (χ0v) is 12.0. The molecule has 20 heavy (non-hydrogen) atoms. The van der Waals surface area contributed by atoms with Gasteiger partial charge in [-0.2, -0.15) is 0 Å². The molecule has 4 nitrogen and oxygen atoms in total. The molecule has 0 saturated carbocycles. The minimum Gasteiger partial charge on any atom is -0.355 e. The Kier molecular flexibility index (Phi) is 5.07. The van der Waals surface area contributed by atoms with E-state index in [9.17, 15) is 4.79 Å². The van der Waals surface area contributed by atoms with Crippen molar-refractivity contribution in [1.82, 2.24) is 15.6 Å². The van der Waals surface area contributed by atoms with Crippen LogP contribution in [0.25, 0.3) is 10.8 Å². The first-order chi connectivity index (χ1) is 9.65. The zero-order valence-electron chi connectivity index (χ0n) is 12.0. The van der Waals surface area contributed by atoms with Crippen LogP contribution in [0.4, 0.5) is 0 Å². The minimum absolute atomic E-state index is 0.0451. The lowest BCUT2D eigenvalue weighted by molar-refractivity contribution is -0.120. The number of carbonyl (C=O) groups is 1. The van der Waals surface area contributed by atoms with Crippen molar-refractivity contribution < 1.29 is 4.79 Å². The van der Waals surface area contributed by atoms with Crippen LogP contribution in [0.2, 0.25) is 0 Å². The lowest BCUT2D eigenvalue weighted by Gasteiger charge is -2.09. The number of hydrogen-bond acceptors (Lipinski definition) is 3. The Morgan fingerprint density at radius 1 is 1.25 bits per heavy atom. The number of benzene rings is 1. The van der Waals surface area contributed by atoms with Gasteiger partial charge in [0.25, 0.3) is 0 Å². The molecule has 106 valence electrons.